The number of ether oxygens (including phenoxy) is 2. The molecular formula is C12H22O2. The van der Waals surface area contributed by atoms with Crippen LogP contribution in [0.2, 0.25) is 0 Å². The molecule has 5 atom stereocenters. The summed E-state index contributed by atoms with van der Waals surface area (Å²) in [6, 6.07) is 0. The van der Waals surface area contributed by atoms with Crippen molar-refractivity contribution in [1.82, 2.24) is 0 Å². The molecule has 2 fully saturated rings. The average Bonchev–Trinajstić information content (AvgIpc) is 3.00. The van der Waals surface area contributed by atoms with Gasteiger partial charge in [0.15, 0.2) is 0 Å². The van der Waals surface area contributed by atoms with Gasteiger partial charge in [-0.3, -0.25) is 0 Å². The first kappa shape index (κ1) is 10.4. The van der Waals surface area contributed by atoms with Gasteiger partial charge in [-0.05, 0) is 24.7 Å². The van der Waals surface area contributed by atoms with E-state index < -0.39 is 0 Å². The molecule has 5 unspecified atom stereocenters. The smallest absolute Gasteiger partial charge is 0.0867 e. The molecule has 0 aromatic carbocycles. The molecular weight excluding hydrogens is 176 g/mol. The summed E-state index contributed by atoms with van der Waals surface area (Å²) in [4.78, 5) is 0. The number of hydrogen-bond donors (Lipinski definition) is 0. The third-order valence-corrected chi connectivity index (χ3v) is 3.53. The van der Waals surface area contributed by atoms with Gasteiger partial charge in [0.05, 0.1) is 24.9 Å². The van der Waals surface area contributed by atoms with E-state index in [0.29, 0.717) is 18.3 Å². The molecule has 14 heavy (non-hydrogen) atoms. The van der Waals surface area contributed by atoms with Gasteiger partial charge in [0.25, 0.3) is 0 Å². The van der Waals surface area contributed by atoms with Crippen molar-refractivity contribution in [3.63, 3.8) is 0 Å². The van der Waals surface area contributed by atoms with Crippen LogP contribution in [0.15, 0.2) is 0 Å². The van der Waals surface area contributed by atoms with Crippen molar-refractivity contribution >= 4 is 0 Å². The lowest BCUT2D eigenvalue weighted by Crippen LogP contribution is -2.09. The highest BCUT2D eigenvalue weighted by molar-refractivity contribution is 4.90. The van der Waals surface area contributed by atoms with Crippen LogP contribution in [0.4, 0.5) is 0 Å². The zero-order valence-electron chi connectivity index (χ0n) is 9.53. The van der Waals surface area contributed by atoms with E-state index in [1.807, 2.05) is 0 Å². The molecule has 0 aromatic rings. The van der Waals surface area contributed by atoms with Gasteiger partial charge in [-0.15, -0.1) is 0 Å². The summed E-state index contributed by atoms with van der Waals surface area (Å²) in [5.41, 5.74) is 0. The van der Waals surface area contributed by atoms with Gasteiger partial charge < -0.3 is 9.47 Å². The molecule has 0 N–H and O–H groups in total. The summed E-state index contributed by atoms with van der Waals surface area (Å²) in [6.45, 7) is 7.84. The van der Waals surface area contributed by atoms with Gasteiger partial charge in [0.1, 0.15) is 0 Å². The van der Waals surface area contributed by atoms with Crippen LogP contribution in [0.5, 0.6) is 0 Å². The highest BCUT2D eigenvalue weighted by Gasteiger charge is 2.42. The highest BCUT2D eigenvalue weighted by atomic mass is 16.6. The van der Waals surface area contributed by atoms with Gasteiger partial charge in [0, 0.05) is 0 Å². The maximum absolute atomic E-state index is 5.70. The highest BCUT2D eigenvalue weighted by Crippen LogP contribution is 2.37. The Balaban J connectivity index is 1.62. The van der Waals surface area contributed by atoms with E-state index in [-0.39, 0.29) is 0 Å². The fourth-order valence-corrected chi connectivity index (χ4v) is 2.22. The predicted octanol–water partition coefficient (Wildman–Crippen LogP) is 2.62. The fourth-order valence-electron chi connectivity index (χ4n) is 2.22. The maximum Gasteiger partial charge on any atom is 0.0867 e. The second kappa shape index (κ2) is 4.19. The lowest BCUT2D eigenvalue weighted by molar-refractivity contribution is 0.297. The molecule has 2 heterocycles. The Morgan fingerprint density at radius 2 is 2.00 bits per heavy atom. The van der Waals surface area contributed by atoms with Crippen molar-refractivity contribution in [3.05, 3.63) is 0 Å². The Morgan fingerprint density at radius 1 is 1.29 bits per heavy atom. The Labute approximate surface area is 87.0 Å². The molecule has 2 aliphatic heterocycles. The van der Waals surface area contributed by atoms with Crippen molar-refractivity contribution < 1.29 is 9.47 Å². The van der Waals surface area contributed by atoms with Crippen molar-refractivity contribution in [2.45, 2.75) is 58.3 Å². The Bertz CT molecular complexity index is 189. The van der Waals surface area contributed by atoms with Crippen LogP contribution >= 0.6 is 0 Å². The van der Waals surface area contributed by atoms with Crippen LogP contribution < -0.4 is 0 Å². The van der Waals surface area contributed by atoms with E-state index >= 15 is 0 Å². The summed E-state index contributed by atoms with van der Waals surface area (Å²) >= 11 is 0. The van der Waals surface area contributed by atoms with Crippen LogP contribution in [-0.4, -0.2) is 24.9 Å². The topological polar surface area (TPSA) is 25.1 Å². The predicted molar refractivity (Wildman–Crippen MR) is 56.3 cm³/mol. The van der Waals surface area contributed by atoms with Crippen LogP contribution in [0.3, 0.4) is 0 Å². The third kappa shape index (κ3) is 2.71. The zero-order valence-corrected chi connectivity index (χ0v) is 9.53. The standard InChI is InChI=1S/C12H22O2/c1-4-9(3)12-11(14-12)6-8(2)5-10-7-13-10/h8-12H,4-7H2,1-3H3. The first-order valence-corrected chi connectivity index (χ1v) is 5.97. The van der Waals surface area contributed by atoms with E-state index in [0.717, 1.165) is 18.4 Å². The number of rotatable bonds is 6. The van der Waals surface area contributed by atoms with Crippen LogP contribution in [0, 0.1) is 11.8 Å². The average molecular weight is 198 g/mol. The Morgan fingerprint density at radius 3 is 2.57 bits per heavy atom. The summed E-state index contributed by atoms with van der Waals surface area (Å²) < 4.78 is 10.9. The molecule has 0 spiro atoms. The zero-order chi connectivity index (χ0) is 10.1. The minimum Gasteiger partial charge on any atom is -0.373 e. The summed E-state index contributed by atoms with van der Waals surface area (Å²) in [5.74, 6) is 1.51. The molecule has 2 aliphatic rings. The molecule has 2 nitrogen and oxygen atoms in total. The van der Waals surface area contributed by atoms with Crippen molar-refractivity contribution in [1.29, 1.82) is 0 Å². The van der Waals surface area contributed by atoms with Gasteiger partial charge in [0.2, 0.25) is 0 Å². The minimum absolute atomic E-state index is 0.554. The summed E-state index contributed by atoms with van der Waals surface area (Å²) in [5, 5.41) is 0. The first-order valence-electron chi connectivity index (χ1n) is 5.97. The second-order valence-corrected chi connectivity index (χ2v) is 5.06. The molecule has 0 aliphatic carbocycles. The largest absolute Gasteiger partial charge is 0.373 e. The third-order valence-electron chi connectivity index (χ3n) is 3.53. The van der Waals surface area contributed by atoms with Crippen LogP contribution in [0.1, 0.15) is 40.0 Å². The SMILES string of the molecule is CCC(C)C1OC1CC(C)CC1CO1. The van der Waals surface area contributed by atoms with Gasteiger partial charge in [-0.25, -0.2) is 0 Å². The van der Waals surface area contributed by atoms with E-state index in [1.54, 1.807) is 0 Å². The fraction of sp³-hybridized carbons (Fsp3) is 1.00. The van der Waals surface area contributed by atoms with Gasteiger partial charge in [-0.1, -0.05) is 27.2 Å². The molecule has 2 heteroatoms. The lowest BCUT2D eigenvalue weighted by atomic mass is 9.95. The van der Waals surface area contributed by atoms with E-state index in [1.165, 1.54) is 19.3 Å². The van der Waals surface area contributed by atoms with Crippen LogP contribution in [-0.2, 0) is 9.47 Å². The van der Waals surface area contributed by atoms with Gasteiger partial charge in [-0.2, -0.15) is 0 Å². The number of hydrogen-bond acceptors (Lipinski definition) is 2. The van der Waals surface area contributed by atoms with Crippen molar-refractivity contribution in [2.75, 3.05) is 6.61 Å². The molecule has 0 radical (unpaired) electrons. The quantitative estimate of drug-likeness (QED) is 0.613. The van der Waals surface area contributed by atoms with Crippen molar-refractivity contribution in [2.24, 2.45) is 11.8 Å². The first-order chi connectivity index (χ1) is 6.70. The minimum atomic E-state index is 0.554. The maximum atomic E-state index is 5.70. The summed E-state index contributed by atoms with van der Waals surface area (Å²) in [7, 11) is 0. The monoisotopic (exact) mass is 198 g/mol. The molecule has 2 rings (SSSR count). The molecule has 82 valence electrons. The van der Waals surface area contributed by atoms with Crippen LogP contribution in [0.25, 0.3) is 0 Å². The second-order valence-electron chi connectivity index (χ2n) is 5.06. The Kier molecular flexibility index (Phi) is 3.13. The van der Waals surface area contributed by atoms with Crippen molar-refractivity contribution in [3.8, 4) is 0 Å². The lowest BCUT2D eigenvalue weighted by Gasteiger charge is -2.08. The molecule has 0 amide bonds. The van der Waals surface area contributed by atoms with E-state index in [2.05, 4.69) is 20.8 Å². The molecule has 0 aromatic heterocycles. The molecule has 0 saturated carbocycles. The van der Waals surface area contributed by atoms with Gasteiger partial charge >= 0.3 is 0 Å². The Hall–Kier alpha value is -0.0800. The normalized spacial score (nSPS) is 39.2. The summed E-state index contributed by atoms with van der Waals surface area (Å²) in [6.07, 6.45) is 5.38. The molecule has 0 bridgehead atoms. The van der Waals surface area contributed by atoms with E-state index in [4.69, 9.17) is 9.47 Å². The molecule has 2 saturated heterocycles. The van der Waals surface area contributed by atoms with E-state index in [9.17, 15) is 0 Å². The number of epoxide rings is 2.